The van der Waals surface area contributed by atoms with Gasteiger partial charge in [0.15, 0.2) is 15.8 Å². The number of aliphatic imine (C=N–C) groups is 1. The highest BCUT2D eigenvalue weighted by atomic mass is 32.2. The van der Waals surface area contributed by atoms with Crippen LogP contribution in [0.5, 0.6) is 0 Å². The van der Waals surface area contributed by atoms with E-state index in [1.165, 1.54) is 12.7 Å². The molecule has 0 saturated carbocycles. The van der Waals surface area contributed by atoms with Crippen molar-refractivity contribution in [3.05, 3.63) is 35.4 Å². The van der Waals surface area contributed by atoms with Crippen LogP contribution in [0.1, 0.15) is 31.4 Å². The summed E-state index contributed by atoms with van der Waals surface area (Å²) in [6.45, 7) is 7.85. The van der Waals surface area contributed by atoms with Gasteiger partial charge in [0, 0.05) is 36.9 Å². The lowest BCUT2D eigenvalue weighted by Gasteiger charge is -2.34. The second-order valence-corrected chi connectivity index (χ2v) is 9.95. The van der Waals surface area contributed by atoms with E-state index in [-0.39, 0.29) is 5.75 Å². The van der Waals surface area contributed by atoms with Gasteiger partial charge in [-0.1, -0.05) is 31.2 Å². The summed E-state index contributed by atoms with van der Waals surface area (Å²) in [5, 5.41) is 4.07. The lowest BCUT2D eigenvalue weighted by molar-refractivity contribution is 0.408. The molecular weight excluding hydrogens is 354 g/mol. The van der Waals surface area contributed by atoms with Crippen LogP contribution in [0.3, 0.4) is 0 Å². The Bertz CT molecular complexity index is 672. The van der Waals surface area contributed by atoms with Gasteiger partial charge in [0.2, 0.25) is 0 Å². The van der Waals surface area contributed by atoms with Crippen molar-refractivity contribution in [3.8, 4) is 0 Å². The Morgan fingerprint density at radius 3 is 2.56 bits per heavy atom. The molecule has 1 saturated heterocycles. The minimum Gasteiger partial charge on any atom is -0.357 e. The van der Waals surface area contributed by atoms with Gasteiger partial charge in [-0.3, -0.25) is 0 Å². The van der Waals surface area contributed by atoms with E-state index in [0.29, 0.717) is 11.8 Å². The maximum atomic E-state index is 11.4. The van der Waals surface area contributed by atoms with Crippen LogP contribution in [-0.2, 0) is 22.1 Å². The number of thioether (sulfide) groups is 1. The fourth-order valence-electron chi connectivity index (χ4n) is 2.79. The number of sulfone groups is 1. The van der Waals surface area contributed by atoms with Gasteiger partial charge in [-0.05, 0) is 24.5 Å². The van der Waals surface area contributed by atoms with E-state index in [4.69, 9.17) is 4.99 Å². The maximum absolute atomic E-state index is 11.4. The molecule has 1 aromatic carbocycles. The summed E-state index contributed by atoms with van der Waals surface area (Å²) in [4.78, 5) is 7.14. The predicted octanol–water partition coefficient (Wildman–Crippen LogP) is 2.52. The molecule has 1 heterocycles. The van der Waals surface area contributed by atoms with Gasteiger partial charge in [0.1, 0.15) is 0 Å². The smallest absolute Gasteiger partial charge is 0.194 e. The van der Waals surface area contributed by atoms with Gasteiger partial charge < -0.3 is 10.2 Å². The topological polar surface area (TPSA) is 61.8 Å². The molecular formula is C18H29N3O2S2. The minimum absolute atomic E-state index is 0.0863. The van der Waals surface area contributed by atoms with E-state index < -0.39 is 9.84 Å². The van der Waals surface area contributed by atoms with Crippen LogP contribution in [0.15, 0.2) is 29.3 Å². The first-order valence-electron chi connectivity index (χ1n) is 8.81. The average molecular weight is 384 g/mol. The van der Waals surface area contributed by atoms with E-state index in [2.05, 4.69) is 24.1 Å². The molecule has 0 amide bonds. The van der Waals surface area contributed by atoms with Gasteiger partial charge in [0.05, 0.1) is 12.3 Å². The second-order valence-electron chi connectivity index (χ2n) is 6.40. The molecule has 7 heteroatoms. The summed E-state index contributed by atoms with van der Waals surface area (Å²) in [6.07, 6.45) is 2.44. The Labute approximate surface area is 156 Å². The first-order chi connectivity index (χ1) is 11.9. The van der Waals surface area contributed by atoms with Gasteiger partial charge in [-0.2, -0.15) is 11.8 Å². The Hall–Kier alpha value is -1.21. The lowest BCUT2D eigenvalue weighted by Crippen LogP contribution is -2.48. The SMILES string of the molecule is CCNC(=NCc1ccc(CS(C)(=O)=O)cc1)N1CCSC(CC)C1. The summed E-state index contributed by atoms with van der Waals surface area (Å²) in [7, 11) is -2.99. The van der Waals surface area contributed by atoms with Crippen LogP contribution in [0, 0.1) is 0 Å². The third kappa shape index (κ3) is 6.90. The van der Waals surface area contributed by atoms with Crippen molar-refractivity contribution in [1.82, 2.24) is 10.2 Å². The van der Waals surface area contributed by atoms with Crippen LogP contribution < -0.4 is 5.32 Å². The van der Waals surface area contributed by atoms with E-state index in [1.807, 2.05) is 36.0 Å². The Kier molecular flexibility index (Phi) is 7.62. The standard InChI is InChI=1S/C18H29N3O2S2/c1-4-17-13-21(10-11-24-17)18(19-5-2)20-12-15-6-8-16(9-7-15)14-25(3,22)23/h6-9,17H,4-5,10-14H2,1-3H3,(H,19,20). The van der Waals surface area contributed by atoms with Crippen molar-refractivity contribution in [3.63, 3.8) is 0 Å². The first-order valence-corrected chi connectivity index (χ1v) is 11.9. The Morgan fingerprint density at radius 1 is 1.28 bits per heavy atom. The molecule has 0 aromatic heterocycles. The molecule has 1 unspecified atom stereocenters. The molecule has 0 radical (unpaired) electrons. The third-order valence-electron chi connectivity index (χ3n) is 4.09. The molecule has 1 atom stereocenters. The van der Waals surface area contributed by atoms with E-state index in [9.17, 15) is 8.42 Å². The summed E-state index contributed by atoms with van der Waals surface area (Å²) in [5.74, 6) is 2.20. The molecule has 1 aliphatic rings. The first kappa shape index (κ1) is 20.1. The van der Waals surface area contributed by atoms with Crippen molar-refractivity contribution < 1.29 is 8.42 Å². The number of nitrogens with zero attached hydrogens (tertiary/aromatic N) is 2. The van der Waals surface area contributed by atoms with Crippen molar-refractivity contribution in [1.29, 1.82) is 0 Å². The van der Waals surface area contributed by atoms with Crippen molar-refractivity contribution in [2.75, 3.05) is 31.6 Å². The van der Waals surface area contributed by atoms with Crippen LogP contribution in [0.25, 0.3) is 0 Å². The highest BCUT2D eigenvalue weighted by molar-refractivity contribution is 8.00. The summed E-state index contributed by atoms with van der Waals surface area (Å²) in [6, 6.07) is 7.69. The summed E-state index contributed by atoms with van der Waals surface area (Å²) in [5.41, 5.74) is 1.91. The van der Waals surface area contributed by atoms with Gasteiger partial charge in [-0.15, -0.1) is 0 Å². The molecule has 25 heavy (non-hydrogen) atoms. The Balaban J connectivity index is 2.03. The lowest BCUT2D eigenvalue weighted by atomic mass is 10.1. The zero-order chi connectivity index (χ0) is 18.3. The average Bonchev–Trinajstić information content (AvgIpc) is 2.58. The fraction of sp³-hybridized carbons (Fsp3) is 0.611. The number of nitrogens with one attached hydrogen (secondary N) is 1. The van der Waals surface area contributed by atoms with Crippen molar-refractivity contribution in [2.24, 2.45) is 4.99 Å². The minimum atomic E-state index is -2.99. The molecule has 1 fully saturated rings. The zero-order valence-electron chi connectivity index (χ0n) is 15.4. The van der Waals surface area contributed by atoms with Crippen molar-refractivity contribution in [2.45, 2.75) is 37.8 Å². The normalized spacial score (nSPS) is 19.1. The molecule has 140 valence electrons. The van der Waals surface area contributed by atoms with Crippen LogP contribution in [0.2, 0.25) is 0 Å². The molecule has 1 aliphatic heterocycles. The highest BCUT2D eigenvalue weighted by Gasteiger charge is 2.21. The molecule has 0 aliphatic carbocycles. The largest absolute Gasteiger partial charge is 0.357 e. The second kappa shape index (κ2) is 9.48. The molecule has 5 nitrogen and oxygen atoms in total. The molecule has 1 aromatic rings. The van der Waals surface area contributed by atoms with E-state index in [0.717, 1.165) is 42.5 Å². The summed E-state index contributed by atoms with van der Waals surface area (Å²) < 4.78 is 22.7. The van der Waals surface area contributed by atoms with Crippen molar-refractivity contribution >= 4 is 27.6 Å². The number of benzene rings is 1. The van der Waals surface area contributed by atoms with Gasteiger partial charge in [0.25, 0.3) is 0 Å². The molecule has 1 N–H and O–H groups in total. The van der Waals surface area contributed by atoms with E-state index in [1.54, 1.807) is 0 Å². The number of rotatable bonds is 6. The Morgan fingerprint density at radius 2 is 1.96 bits per heavy atom. The molecule has 0 spiro atoms. The van der Waals surface area contributed by atoms with Gasteiger partial charge in [-0.25, -0.2) is 13.4 Å². The van der Waals surface area contributed by atoms with E-state index >= 15 is 0 Å². The maximum Gasteiger partial charge on any atom is 0.194 e. The third-order valence-corrected chi connectivity index (χ3v) is 6.32. The quantitative estimate of drug-likeness (QED) is 0.604. The molecule has 2 rings (SSSR count). The predicted molar refractivity (Wildman–Crippen MR) is 108 cm³/mol. The highest BCUT2D eigenvalue weighted by Crippen LogP contribution is 2.21. The number of hydrogen-bond acceptors (Lipinski definition) is 4. The fourth-order valence-corrected chi connectivity index (χ4v) is 4.77. The molecule has 0 bridgehead atoms. The van der Waals surface area contributed by atoms with Crippen LogP contribution >= 0.6 is 11.8 Å². The summed E-state index contributed by atoms with van der Waals surface area (Å²) >= 11 is 2.05. The number of guanidine groups is 1. The number of hydrogen-bond donors (Lipinski definition) is 1. The monoisotopic (exact) mass is 383 g/mol. The van der Waals surface area contributed by atoms with Gasteiger partial charge >= 0.3 is 0 Å². The van der Waals surface area contributed by atoms with Crippen LogP contribution in [-0.4, -0.2) is 56.2 Å². The zero-order valence-corrected chi connectivity index (χ0v) is 17.0. The van der Waals surface area contributed by atoms with Crippen LogP contribution in [0.4, 0.5) is 0 Å².